The number of carbonyl (C=O) groups is 1. The van der Waals surface area contributed by atoms with Crippen LogP contribution >= 0.6 is 12.2 Å². The van der Waals surface area contributed by atoms with Gasteiger partial charge in [-0.25, -0.2) is 0 Å². The highest BCUT2D eigenvalue weighted by atomic mass is 32.1. The summed E-state index contributed by atoms with van der Waals surface area (Å²) >= 11 is 4.97. The van der Waals surface area contributed by atoms with Crippen LogP contribution in [0.15, 0.2) is 36.5 Å². The van der Waals surface area contributed by atoms with Crippen LogP contribution in [0.5, 0.6) is 0 Å². The monoisotopic (exact) mass is 261 g/mol. The molecule has 4 N–H and O–H groups in total. The van der Waals surface area contributed by atoms with Crippen LogP contribution in [-0.2, 0) is 0 Å². The molecule has 0 radical (unpaired) electrons. The van der Waals surface area contributed by atoms with Gasteiger partial charge in [-0.05, 0) is 5.56 Å². The number of amides is 1. The highest BCUT2D eigenvalue weighted by molar-refractivity contribution is 7.80. The van der Waals surface area contributed by atoms with Gasteiger partial charge in [0.05, 0.1) is 6.20 Å². The molecule has 1 unspecified atom stereocenters. The Bertz CT molecular complexity index is 540. The SMILES string of the molecule is NC(=S)C(NC(=O)c1cn[nH]n1)c1ccccc1. The zero-order valence-electron chi connectivity index (χ0n) is 9.33. The van der Waals surface area contributed by atoms with Crippen molar-refractivity contribution in [2.45, 2.75) is 6.04 Å². The molecule has 18 heavy (non-hydrogen) atoms. The molecule has 0 aliphatic carbocycles. The van der Waals surface area contributed by atoms with Crippen molar-refractivity contribution in [3.63, 3.8) is 0 Å². The summed E-state index contributed by atoms with van der Waals surface area (Å²) < 4.78 is 0. The third kappa shape index (κ3) is 2.69. The maximum absolute atomic E-state index is 11.8. The van der Waals surface area contributed by atoms with Gasteiger partial charge in [-0.1, -0.05) is 42.5 Å². The van der Waals surface area contributed by atoms with E-state index in [9.17, 15) is 4.79 Å². The van der Waals surface area contributed by atoms with E-state index in [-0.39, 0.29) is 16.6 Å². The van der Waals surface area contributed by atoms with Crippen LogP contribution in [0.4, 0.5) is 0 Å². The summed E-state index contributed by atoms with van der Waals surface area (Å²) in [5.41, 5.74) is 6.65. The van der Waals surface area contributed by atoms with E-state index in [1.807, 2.05) is 30.3 Å². The van der Waals surface area contributed by atoms with Gasteiger partial charge in [0.15, 0.2) is 5.69 Å². The van der Waals surface area contributed by atoms with Crippen molar-refractivity contribution in [1.82, 2.24) is 20.7 Å². The fourth-order valence-corrected chi connectivity index (χ4v) is 1.68. The van der Waals surface area contributed by atoms with Crippen LogP contribution in [0.3, 0.4) is 0 Å². The van der Waals surface area contributed by atoms with Crippen LogP contribution in [-0.4, -0.2) is 26.3 Å². The summed E-state index contributed by atoms with van der Waals surface area (Å²) in [5, 5.41) is 12.3. The second-order valence-electron chi connectivity index (χ2n) is 3.57. The van der Waals surface area contributed by atoms with E-state index in [1.165, 1.54) is 6.20 Å². The molecule has 0 saturated heterocycles. The lowest BCUT2D eigenvalue weighted by molar-refractivity contribution is 0.0942. The van der Waals surface area contributed by atoms with Crippen molar-refractivity contribution < 1.29 is 4.79 Å². The molecule has 0 aliphatic rings. The number of rotatable bonds is 4. The molecule has 2 aromatic rings. The van der Waals surface area contributed by atoms with Gasteiger partial charge < -0.3 is 11.1 Å². The highest BCUT2D eigenvalue weighted by Crippen LogP contribution is 2.13. The van der Waals surface area contributed by atoms with E-state index in [0.717, 1.165) is 5.56 Å². The average Bonchev–Trinajstić information content (AvgIpc) is 2.90. The van der Waals surface area contributed by atoms with Gasteiger partial charge in [-0.2, -0.15) is 15.4 Å². The van der Waals surface area contributed by atoms with Crippen molar-refractivity contribution in [3.05, 3.63) is 47.8 Å². The number of nitrogens with zero attached hydrogens (tertiary/aromatic N) is 2. The molecule has 6 nitrogen and oxygen atoms in total. The van der Waals surface area contributed by atoms with E-state index in [1.54, 1.807) is 0 Å². The first kappa shape index (κ1) is 12.2. The van der Waals surface area contributed by atoms with Crippen LogP contribution in [0.2, 0.25) is 0 Å². The number of thiocarbonyl (C=S) groups is 1. The van der Waals surface area contributed by atoms with Gasteiger partial charge in [0.25, 0.3) is 5.91 Å². The number of carbonyl (C=O) groups excluding carboxylic acids is 1. The maximum atomic E-state index is 11.8. The van der Waals surface area contributed by atoms with Crippen LogP contribution in [0.25, 0.3) is 0 Å². The second-order valence-corrected chi connectivity index (χ2v) is 4.05. The van der Waals surface area contributed by atoms with Gasteiger partial charge in [0, 0.05) is 0 Å². The first-order valence-corrected chi connectivity index (χ1v) is 5.60. The Morgan fingerprint density at radius 1 is 1.39 bits per heavy atom. The quantitative estimate of drug-likeness (QED) is 0.699. The molecule has 1 aromatic heterocycles. The topological polar surface area (TPSA) is 96.7 Å². The molecule has 1 heterocycles. The van der Waals surface area contributed by atoms with Gasteiger partial charge in [0.1, 0.15) is 11.0 Å². The Hall–Kier alpha value is -2.28. The molecule has 7 heteroatoms. The molecule has 0 fully saturated rings. The Morgan fingerprint density at radius 3 is 2.67 bits per heavy atom. The van der Waals surface area contributed by atoms with E-state index in [2.05, 4.69) is 20.7 Å². The van der Waals surface area contributed by atoms with Crippen molar-refractivity contribution >= 4 is 23.1 Å². The Morgan fingerprint density at radius 2 is 2.11 bits per heavy atom. The Balaban J connectivity index is 2.18. The van der Waals surface area contributed by atoms with Gasteiger partial charge in [-0.15, -0.1) is 0 Å². The van der Waals surface area contributed by atoms with Crippen LogP contribution < -0.4 is 11.1 Å². The first-order chi connectivity index (χ1) is 8.68. The smallest absolute Gasteiger partial charge is 0.274 e. The number of nitrogens with two attached hydrogens (primary N) is 1. The lowest BCUT2D eigenvalue weighted by Gasteiger charge is -2.16. The van der Waals surface area contributed by atoms with Gasteiger partial charge in [0.2, 0.25) is 0 Å². The molecule has 0 saturated carbocycles. The van der Waals surface area contributed by atoms with E-state index in [4.69, 9.17) is 18.0 Å². The third-order valence-electron chi connectivity index (χ3n) is 2.34. The molecule has 0 spiro atoms. The molecule has 1 amide bonds. The summed E-state index contributed by atoms with van der Waals surface area (Å²) in [6, 6.07) is 8.73. The predicted molar refractivity (Wildman–Crippen MR) is 69.8 cm³/mol. The van der Waals surface area contributed by atoms with Crippen molar-refractivity contribution in [3.8, 4) is 0 Å². The molecule has 92 valence electrons. The normalized spacial score (nSPS) is 11.8. The lowest BCUT2D eigenvalue weighted by Crippen LogP contribution is -2.36. The summed E-state index contributed by atoms with van der Waals surface area (Å²) in [4.78, 5) is 12.0. The van der Waals surface area contributed by atoms with Crippen LogP contribution in [0, 0.1) is 0 Å². The van der Waals surface area contributed by atoms with Crippen molar-refractivity contribution in [1.29, 1.82) is 0 Å². The number of nitrogens with one attached hydrogen (secondary N) is 2. The van der Waals surface area contributed by atoms with E-state index >= 15 is 0 Å². The minimum Gasteiger partial charge on any atom is -0.391 e. The zero-order chi connectivity index (χ0) is 13.0. The molecule has 1 aromatic carbocycles. The summed E-state index contributed by atoms with van der Waals surface area (Å²) in [6.45, 7) is 0. The number of aromatic nitrogens is 3. The number of hydrogen-bond acceptors (Lipinski definition) is 4. The van der Waals surface area contributed by atoms with E-state index in [0.29, 0.717) is 0 Å². The Kier molecular flexibility index (Phi) is 3.63. The summed E-state index contributed by atoms with van der Waals surface area (Å²) in [6.07, 6.45) is 1.33. The standard InChI is InChI=1S/C11H11N5OS/c12-10(18)9(7-4-2-1-3-5-7)14-11(17)8-6-13-16-15-8/h1-6,9H,(H2,12,18)(H,14,17)(H,13,15,16). The zero-order valence-corrected chi connectivity index (χ0v) is 10.1. The Labute approximate surface area is 109 Å². The fraction of sp³-hybridized carbons (Fsp3) is 0.0909. The lowest BCUT2D eigenvalue weighted by atomic mass is 10.1. The number of benzene rings is 1. The minimum atomic E-state index is -0.523. The number of aromatic amines is 1. The molecule has 0 bridgehead atoms. The van der Waals surface area contributed by atoms with Crippen molar-refractivity contribution in [2.24, 2.45) is 5.73 Å². The summed E-state index contributed by atoms with van der Waals surface area (Å²) in [5.74, 6) is -0.384. The summed E-state index contributed by atoms with van der Waals surface area (Å²) in [7, 11) is 0. The molecule has 1 atom stereocenters. The number of hydrogen-bond donors (Lipinski definition) is 3. The molecular formula is C11H11N5OS. The maximum Gasteiger partial charge on any atom is 0.274 e. The largest absolute Gasteiger partial charge is 0.391 e. The third-order valence-corrected chi connectivity index (χ3v) is 2.58. The van der Waals surface area contributed by atoms with E-state index < -0.39 is 6.04 Å². The van der Waals surface area contributed by atoms with Gasteiger partial charge in [-0.3, -0.25) is 4.79 Å². The molecule has 0 aliphatic heterocycles. The number of H-pyrrole nitrogens is 1. The fourth-order valence-electron chi connectivity index (χ4n) is 1.48. The van der Waals surface area contributed by atoms with Crippen molar-refractivity contribution in [2.75, 3.05) is 0 Å². The average molecular weight is 261 g/mol. The second kappa shape index (κ2) is 5.37. The van der Waals surface area contributed by atoms with Crippen LogP contribution in [0.1, 0.15) is 22.1 Å². The first-order valence-electron chi connectivity index (χ1n) is 5.19. The highest BCUT2D eigenvalue weighted by Gasteiger charge is 2.19. The minimum absolute atomic E-state index is 0.187. The predicted octanol–water partition coefficient (Wildman–Crippen LogP) is 0.562. The van der Waals surface area contributed by atoms with Gasteiger partial charge >= 0.3 is 0 Å². The molecular weight excluding hydrogens is 250 g/mol. The molecule has 2 rings (SSSR count).